The predicted octanol–water partition coefficient (Wildman–Crippen LogP) is 0.943. The maximum absolute atomic E-state index is 12.0. The summed E-state index contributed by atoms with van der Waals surface area (Å²) in [5, 5.41) is 13.1. The summed E-state index contributed by atoms with van der Waals surface area (Å²) in [5.41, 5.74) is 1.79. The molecule has 0 saturated carbocycles. The number of hydrogen-bond donors (Lipinski definition) is 3. The number of thioether (sulfide) groups is 1. The maximum atomic E-state index is 12.0. The van der Waals surface area contributed by atoms with Crippen LogP contribution < -0.4 is 10.6 Å². The molecule has 1 unspecified atom stereocenters. The second kappa shape index (κ2) is 6.91. The number of likely N-dealkylation sites (N-methyl/N-ethyl adjacent to an activating group) is 1. The van der Waals surface area contributed by atoms with E-state index in [0.717, 1.165) is 11.0 Å². The van der Waals surface area contributed by atoms with Gasteiger partial charge in [0.1, 0.15) is 6.04 Å². The van der Waals surface area contributed by atoms with Crippen LogP contribution in [0.15, 0.2) is 29.4 Å². The number of hydrogen-bond acceptors (Lipinski definition) is 5. The lowest BCUT2D eigenvalue weighted by Crippen LogP contribution is -2.45. The second-order valence-corrected chi connectivity index (χ2v) is 6.18. The fourth-order valence-electron chi connectivity index (χ4n) is 2.35. The van der Waals surface area contributed by atoms with Gasteiger partial charge in [-0.05, 0) is 26.0 Å². The van der Waals surface area contributed by atoms with Gasteiger partial charge in [0.25, 0.3) is 0 Å². The van der Waals surface area contributed by atoms with Gasteiger partial charge in [0.15, 0.2) is 5.16 Å². The Morgan fingerprint density at radius 1 is 1.38 bits per heavy atom. The molecular formula is C15H18N6O2S. The molecule has 2 heterocycles. The van der Waals surface area contributed by atoms with E-state index in [1.54, 1.807) is 6.92 Å². The van der Waals surface area contributed by atoms with Crippen molar-refractivity contribution in [1.29, 1.82) is 0 Å². The van der Waals surface area contributed by atoms with E-state index in [1.165, 1.54) is 11.8 Å². The molecule has 3 N–H and O–H groups in total. The van der Waals surface area contributed by atoms with Crippen LogP contribution >= 0.6 is 11.8 Å². The van der Waals surface area contributed by atoms with Crippen molar-refractivity contribution < 1.29 is 9.59 Å². The molecule has 3 aromatic rings. The number of nitrogens with one attached hydrogen (secondary N) is 3. The third-order valence-corrected chi connectivity index (χ3v) is 4.40. The first-order chi connectivity index (χ1) is 11.6. The molecule has 1 aromatic carbocycles. The predicted molar refractivity (Wildman–Crippen MR) is 91.9 cm³/mol. The van der Waals surface area contributed by atoms with Crippen LogP contribution in [0, 0.1) is 0 Å². The van der Waals surface area contributed by atoms with Crippen LogP contribution in [0.4, 0.5) is 0 Å². The van der Waals surface area contributed by atoms with Crippen molar-refractivity contribution >= 4 is 40.4 Å². The molecule has 2 aromatic heterocycles. The van der Waals surface area contributed by atoms with Crippen molar-refractivity contribution in [2.45, 2.75) is 25.0 Å². The maximum Gasteiger partial charge on any atom is 0.242 e. The number of H-pyrrole nitrogens is 1. The molecule has 24 heavy (non-hydrogen) atoms. The van der Waals surface area contributed by atoms with Crippen molar-refractivity contribution in [3.8, 4) is 0 Å². The Bertz CT molecular complexity index is 886. The van der Waals surface area contributed by atoms with Crippen LogP contribution in [0.1, 0.15) is 13.8 Å². The Morgan fingerprint density at radius 3 is 2.96 bits per heavy atom. The van der Waals surface area contributed by atoms with Crippen molar-refractivity contribution in [2.24, 2.45) is 0 Å². The highest BCUT2D eigenvalue weighted by Gasteiger charge is 2.17. The van der Waals surface area contributed by atoms with Crippen LogP contribution in [0.2, 0.25) is 0 Å². The molecule has 126 valence electrons. The van der Waals surface area contributed by atoms with Crippen molar-refractivity contribution in [3.05, 3.63) is 24.3 Å². The zero-order valence-electron chi connectivity index (χ0n) is 13.4. The van der Waals surface area contributed by atoms with Crippen molar-refractivity contribution in [1.82, 2.24) is 30.2 Å². The molecule has 0 spiro atoms. The Balaban J connectivity index is 1.67. The Kier molecular flexibility index (Phi) is 4.70. The van der Waals surface area contributed by atoms with Gasteiger partial charge >= 0.3 is 0 Å². The fourth-order valence-corrected chi connectivity index (χ4v) is 3.11. The lowest BCUT2D eigenvalue weighted by molar-refractivity contribution is -0.127. The van der Waals surface area contributed by atoms with Crippen LogP contribution in [0.3, 0.4) is 0 Å². The summed E-state index contributed by atoms with van der Waals surface area (Å²) in [6.45, 7) is 4.02. The zero-order chi connectivity index (χ0) is 17.1. The number of nitrogens with zero attached hydrogens (tertiary/aromatic N) is 3. The van der Waals surface area contributed by atoms with E-state index in [4.69, 9.17) is 0 Å². The van der Waals surface area contributed by atoms with E-state index < -0.39 is 6.04 Å². The standard InChI is InChI=1S/C15H18N6O2S/c1-3-16-13(23)9(2)17-12(22)8-24-15-20-19-14-18-10-6-4-5-7-11(10)21(14)15/h4-7,9H,3,8H2,1-2H3,(H,16,23)(H,17,22)(H,18,19). The van der Waals surface area contributed by atoms with E-state index in [0.29, 0.717) is 17.5 Å². The molecule has 8 nitrogen and oxygen atoms in total. The van der Waals surface area contributed by atoms with E-state index in [9.17, 15) is 9.59 Å². The number of carbonyl (C=O) groups excluding carboxylic acids is 2. The van der Waals surface area contributed by atoms with Gasteiger partial charge in [-0.15, -0.1) is 5.10 Å². The van der Waals surface area contributed by atoms with Gasteiger partial charge in [0.05, 0.1) is 16.8 Å². The van der Waals surface area contributed by atoms with Gasteiger partial charge in [0, 0.05) is 6.54 Å². The number of rotatable bonds is 6. The minimum absolute atomic E-state index is 0.163. The van der Waals surface area contributed by atoms with Gasteiger partial charge in [-0.2, -0.15) is 0 Å². The molecule has 0 bridgehead atoms. The van der Waals surface area contributed by atoms with E-state index in [-0.39, 0.29) is 17.6 Å². The molecule has 0 aliphatic rings. The van der Waals surface area contributed by atoms with Gasteiger partial charge in [-0.1, -0.05) is 23.9 Å². The van der Waals surface area contributed by atoms with Gasteiger partial charge in [0.2, 0.25) is 17.6 Å². The smallest absolute Gasteiger partial charge is 0.242 e. The van der Waals surface area contributed by atoms with Crippen LogP contribution in [0.25, 0.3) is 16.8 Å². The SMILES string of the molecule is CCNC(=O)C(C)NC(=O)CSc1n[nH]c2nc3ccccc3n12. The summed E-state index contributed by atoms with van der Waals surface area (Å²) in [6.07, 6.45) is 0. The highest BCUT2D eigenvalue weighted by atomic mass is 32.2. The Hall–Kier alpha value is -2.55. The number of aromatic nitrogens is 4. The Labute approximate surface area is 142 Å². The molecule has 0 radical (unpaired) electrons. The number of aromatic amines is 1. The molecular weight excluding hydrogens is 328 g/mol. The monoisotopic (exact) mass is 346 g/mol. The first kappa shape index (κ1) is 16.3. The largest absolute Gasteiger partial charge is 0.355 e. The minimum atomic E-state index is -0.564. The summed E-state index contributed by atoms with van der Waals surface area (Å²) in [4.78, 5) is 28.1. The zero-order valence-corrected chi connectivity index (χ0v) is 14.2. The topological polar surface area (TPSA) is 104 Å². The van der Waals surface area contributed by atoms with Crippen LogP contribution in [0.5, 0.6) is 0 Å². The van der Waals surface area contributed by atoms with Crippen LogP contribution in [-0.2, 0) is 9.59 Å². The van der Waals surface area contributed by atoms with E-state index >= 15 is 0 Å². The molecule has 3 rings (SSSR count). The molecule has 9 heteroatoms. The fraction of sp³-hybridized carbons (Fsp3) is 0.333. The highest BCUT2D eigenvalue weighted by Crippen LogP contribution is 2.22. The van der Waals surface area contributed by atoms with Gasteiger partial charge in [-0.25, -0.2) is 10.1 Å². The number of imidazole rings is 1. The first-order valence-corrected chi connectivity index (χ1v) is 8.60. The number of fused-ring (bicyclic) bond motifs is 3. The number of benzene rings is 1. The van der Waals surface area contributed by atoms with Crippen molar-refractivity contribution in [2.75, 3.05) is 12.3 Å². The second-order valence-electron chi connectivity index (χ2n) is 5.24. The summed E-state index contributed by atoms with van der Waals surface area (Å²) >= 11 is 1.29. The minimum Gasteiger partial charge on any atom is -0.355 e. The quantitative estimate of drug-likeness (QED) is 0.576. The molecule has 0 aliphatic carbocycles. The number of carbonyl (C=O) groups is 2. The molecule has 1 atom stereocenters. The summed E-state index contributed by atoms with van der Waals surface area (Å²) in [7, 11) is 0. The summed E-state index contributed by atoms with van der Waals surface area (Å²) < 4.78 is 1.88. The highest BCUT2D eigenvalue weighted by molar-refractivity contribution is 7.99. The average Bonchev–Trinajstić information content (AvgIpc) is 3.12. The number of para-hydroxylation sites is 2. The third kappa shape index (κ3) is 3.21. The third-order valence-electron chi connectivity index (χ3n) is 3.46. The molecule has 0 aliphatic heterocycles. The molecule has 2 amide bonds. The van der Waals surface area contributed by atoms with E-state index in [2.05, 4.69) is 25.8 Å². The van der Waals surface area contributed by atoms with Gasteiger partial charge in [-0.3, -0.25) is 14.0 Å². The van der Waals surface area contributed by atoms with Crippen molar-refractivity contribution in [3.63, 3.8) is 0 Å². The normalized spacial score (nSPS) is 12.4. The van der Waals surface area contributed by atoms with Gasteiger partial charge < -0.3 is 10.6 Å². The lowest BCUT2D eigenvalue weighted by atomic mass is 10.3. The lowest BCUT2D eigenvalue weighted by Gasteiger charge is -2.12. The summed E-state index contributed by atoms with van der Waals surface area (Å²) in [5.74, 6) is 0.378. The Morgan fingerprint density at radius 2 is 2.17 bits per heavy atom. The number of amides is 2. The first-order valence-electron chi connectivity index (χ1n) is 7.61. The average molecular weight is 346 g/mol. The van der Waals surface area contributed by atoms with E-state index in [1.807, 2.05) is 35.6 Å². The van der Waals surface area contributed by atoms with Crippen LogP contribution in [-0.4, -0.2) is 49.7 Å². The summed E-state index contributed by atoms with van der Waals surface area (Å²) in [6, 6.07) is 7.16. The molecule has 0 fully saturated rings. The molecule has 0 saturated heterocycles.